The first-order valence-corrected chi connectivity index (χ1v) is 1.95. The molecule has 0 bridgehead atoms. The Morgan fingerprint density at radius 2 is 1.33 bits per heavy atom. The van der Waals surface area contributed by atoms with Crippen molar-refractivity contribution in [1.82, 2.24) is 0 Å². The maximum absolute atomic E-state index is 8.74. The third kappa shape index (κ3) is 39.0. The van der Waals surface area contributed by atoms with Gasteiger partial charge in [-0.25, -0.2) is 0 Å². The van der Waals surface area contributed by atoms with Crippen molar-refractivity contribution >= 4 is 9.17 Å². The molecule has 0 saturated carbocycles. The van der Waals surface area contributed by atoms with Crippen LogP contribution in [0.25, 0.3) is 0 Å². The Morgan fingerprint density at radius 3 is 1.33 bits per heavy atom. The predicted molar refractivity (Wildman–Crippen MR) is 10.9 cm³/mol. The first-order chi connectivity index (χ1) is 1.73. The maximum Gasteiger partial charge on any atom is 0.761 e. The third-order valence-corrected chi connectivity index (χ3v) is 0. The van der Waals surface area contributed by atoms with Gasteiger partial charge in [-0.15, -0.1) is 0 Å². The van der Waals surface area contributed by atoms with Gasteiger partial charge in [0.2, 0.25) is 0 Å². The van der Waals surface area contributed by atoms with E-state index >= 15 is 0 Å². The fourth-order valence-corrected chi connectivity index (χ4v) is 0. The summed E-state index contributed by atoms with van der Waals surface area (Å²) in [6.45, 7) is 0. The average Bonchev–Trinajstić information content (AvgIpc) is 0.811. The molecule has 0 saturated heterocycles. The second-order valence-electron chi connectivity index (χ2n) is 0.283. The SMILES string of the molecule is O=[Si](O)O.[La].[Y]. The average molecular weight is 306 g/mol. The number of hydrogen-bond acceptors (Lipinski definition) is 1. The molecular weight excluding hydrogens is 304 g/mol. The van der Waals surface area contributed by atoms with Gasteiger partial charge in [0.15, 0.2) is 0 Å². The minimum atomic E-state index is -3.13. The van der Waals surface area contributed by atoms with E-state index in [-0.39, 0.29) is 68.3 Å². The molecule has 0 aliphatic heterocycles. The molecule has 0 amide bonds. The fourth-order valence-electron chi connectivity index (χ4n) is 0. The van der Waals surface area contributed by atoms with E-state index in [1.54, 1.807) is 0 Å². The summed E-state index contributed by atoms with van der Waals surface area (Å²) >= 11 is 0. The van der Waals surface area contributed by atoms with Gasteiger partial charge >= 0.3 is 9.17 Å². The number of rotatable bonds is 0. The van der Waals surface area contributed by atoms with Crippen LogP contribution in [-0.2, 0) is 37.2 Å². The molecule has 0 heterocycles. The summed E-state index contributed by atoms with van der Waals surface area (Å²) in [5.74, 6) is 0. The maximum atomic E-state index is 8.74. The summed E-state index contributed by atoms with van der Waals surface area (Å²) in [6, 6.07) is 0. The van der Waals surface area contributed by atoms with Crippen LogP contribution in [0.5, 0.6) is 0 Å². The molecule has 2 radical (unpaired) electrons. The summed E-state index contributed by atoms with van der Waals surface area (Å²) in [6.07, 6.45) is 0. The molecule has 0 aromatic rings. The Labute approximate surface area is 89.9 Å². The summed E-state index contributed by atoms with van der Waals surface area (Å²) < 4.78 is 8.74. The molecule has 0 rings (SSSR count). The molecule has 6 heteroatoms. The Bertz CT molecular complexity index is 33.8. The van der Waals surface area contributed by atoms with Crippen LogP contribution < -0.4 is 0 Å². The second-order valence-corrected chi connectivity index (χ2v) is 0.848. The summed E-state index contributed by atoms with van der Waals surface area (Å²) in [4.78, 5) is 14.3. The second kappa shape index (κ2) is 10.0. The summed E-state index contributed by atoms with van der Waals surface area (Å²) in [5, 5.41) is 0. The van der Waals surface area contributed by atoms with Crippen LogP contribution in [-0.4, -0.2) is 18.8 Å². The topological polar surface area (TPSA) is 57.5 Å². The molecule has 0 atom stereocenters. The van der Waals surface area contributed by atoms with Crippen molar-refractivity contribution in [2.24, 2.45) is 0 Å². The van der Waals surface area contributed by atoms with Gasteiger partial charge in [-0.05, 0) is 0 Å². The quantitative estimate of drug-likeness (QED) is 0.529. The Hall–Kier alpha value is 1.92. The van der Waals surface area contributed by atoms with Gasteiger partial charge in [-0.3, -0.25) is 4.46 Å². The molecule has 0 unspecified atom stereocenters. The van der Waals surface area contributed by atoms with Crippen molar-refractivity contribution < 1.29 is 82.4 Å². The normalized spacial score (nSPS) is 4.00. The molecule has 0 fully saturated rings. The van der Waals surface area contributed by atoms with Gasteiger partial charge in [0.25, 0.3) is 0 Å². The standard InChI is InChI=1S/La.H2O3Si.Y/c;1-4(2)3;/h;1-2H;. The zero-order valence-electron chi connectivity index (χ0n) is 2.96. The third-order valence-electron chi connectivity index (χ3n) is 0. The minimum Gasteiger partial charge on any atom is -0.511 e. The van der Waals surface area contributed by atoms with E-state index in [0.29, 0.717) is 0 Å². The van der Waals surface area contributed by atoms with E-state index in [4.69, 9.17) is 14.1 Å². The largest absolute Gasteiger partial charge is 0.761 e. The minimum absolute atomic E-state index is 0. The van der Waals surface area contributed by atoms with E-state index in [1.807, 2.05) is 0 Å². The van der Waals surface area contributed by atoms with Crippen LogP contribution in [0.4, 0.5) is 0 Å². The van der Waals surface area contributed by atoms with Crippen molar-refractivity contribution in [3.05, 3.63) is 0 Å². The van der Waals surface area contributed by atoms with Crippen LogP contribution in [0.1, 0.15) is 0 Å². The van der Waals surface area contributed by atoms with E-state index in [2.05, 4.69) is 0 Å². The monoisotopic (exact) mass is 306 g/mol. The van der Waals surface area contributed by atoms with Crippen molar-refractivity contribution in [3.8, 4) is 0 Å². The van der Waals surface area contributed by atoms with Crippen LogP contribution in [0, 0.1) is 35.6 Å². The van der Waals surface area contributed by atoms with Crippen LogP contribution in [0.15, 0.2) is 0 Å². The zero-order chi connectivity index (χ0) is 3.58. The Morgan fingerprint density at radius 1 is 1.33 bits per heavy atom. The van der Waals surface area contributed by atoms with Crippen LogP contribution in [0.2, 0.25) is 0 Å². The van der Waals surface area contributed by atoms with Gasteiger partial charge in [0.05, 0.1) is 0 Å². The molecule has 0 spiro atoms. The van der Waals surface area contributed by atoms with Gasteiger partial charge in [-0.2, -0.15) is 0 Å². The van der Waals surface area contributed by atoms with Gasteiger partial charge in [0.1, 0.15) is 0 Å². The van der Waals surface area contributed by atoms with Gasteiger partial charge in [0, 0.05) is 68.3 Å². The van der Waals surface area contributed by atoms with Crippen molar-refractivity contribution in [2.75, 3.05) is 0 Å². The van der Waals surface area contributed by atoms with E-state index < -0.39 is 9.17 Å². The summed E-state index contributed by atoms with van der Waals surface area (Å²) in [7, 11) is -3.13. The van der Waals surface area contributed by atoms with Crippen LogP contribution >= 0.6 is 0 Å². The molecule has 2 N–H and O–H groups in total. The molecule has 0 aromatic heterocycles. The molecule has 0 aliphatic carbocycles. The first kappa shape index (κ1) is 15.7. The van der Waals surface area contributed by atoms with Gasteiger partial charge < -0.3 is 9.59 Å². The van der Waals surface area contributed by atoms with E-state index in [1.165, 1.54) is 0 Å². The molecule has 0 aromatic carbocycles. The molecule has 0 aliphatic rings. The van der Waals surface area contributed by atoms with Gasteiger partial charge in [-0.1, -0.05) is 0 Å². The Kier molecular flexibility index (Phi) is 26.2. The predicted octanol–water partition coefficient (Wildman–Crippen LogP) is -1.62. The van der Waals surface area contributed by atoms with Crippen molar-refractivity contribution in [1.29, 1.82) is 0 Å². The van der Waals surface area contributed by atoms with Crippen molar-refractivity contribution in [3.63, 3.8) is 0 Å². The van der Waals surface area contributed by atoms with Crippen molar-refractivity contribution in [2.45, 2.75) is 0 Å². The Balaban J connectivity index is -0.0000000450. The zero-order valence-corrected chi connectivity index (χ0v) is 10.4. The molecule has 30 valence electrons. The molecule has 6 heavy (non-hydrogen) atoms. The fraction of sp³-hybridized carbons (Fsp3) is 0. The molecule has 3 nitrogen and oxygen atoms in total. The summed E-state index contributed by atoms with van der Waals surface area (Å²) in [5.41, 5.74) is 0. The smallest absolute Gasteiger partial charge is 0.511 e. The van der Waals surface area contributed by atoms with E-state index in [9.17, 15) is 0 Å². The number of hydrogen-bond donors (Lipinski definition) is 2. The first-order valence-electron chi connectivity index (χ1n) is 0.651. The van der Waals surface area contributed by atoms with Crippen LogP contribution in [0.3, 0.4) is 0 Å². The molecular formula is H2LaO3SiY. The van der Waals surface area contributed by atoms with E-state index in [0.717, 1.165) is 0 Å².